The number of ether oxygens (including phenoxy) is 1. The molecule has 2 aromatic carbocycles. The molecular formula is C17H17FN2O3. The fourth-order valence-electron chi connectivity index (χ4n) is 1.95. The number of hydrogen-bond donors (Lipinski definition) is 2. The molecule has 0 aliphatic rings. The van der Waals surface area contributed by atoms with Crippen molar-refractivity contribution in [3.05, 3.63) is 59.4 Å². The van der Waals surface area contributed by atoms with Crippen LogP contribution in [0.2, 0.25) is 0 Å². The number of amides is 1. The molecule has 0 aliphatic carbocycles. The van der Waals surface area contributed by atoms with Gasteiger partial charge < -0.3 is 15.4 Å². The second-order valence-electron chi connectivity index (χ2n) is 4.95. The van der Waals surface area contributed by atoms with Crippen molar-refractivity contribution in [3.63, 3.8) is 0 Å². The second kappa shape index (κ2) is 7.40. The van der Waals surface area contributed by atoms with Crippen molar-refractivity contribution in [1.29, 1.82) is 0 Å². The number of benzene rings is 2. The summed E-state index contributed by atoms with van der Waals surface area (Å²) in [4.78, 5) is 23.2. The molecule has 2 rings (SSSR count). The van der Waals surface area contributed by atoms with E-state index in [4.69, 9.17) is 0 Å². The van der Waals surface area contributed by atoms with E-state index >= 15 is 0 Å². The number of carbonyl (C=O) groups is 2. The van der Waals surface area contributed by atoms with Crippen LogP contribution in [-0.2, 0) is 9.53 Å². The van der Waals surface area contributed by atoms with Gasteiger partial charge in [-0.3, -0.25) is 4.79 Å². The lowest BCUT2D eigenvalue weighted by Gasteiger charge is -2.09. The molecule has 23 heavy (non-hydrogen) atoms. The molecule has 120 valence electrons. The van der Waals surface area contributed by atoms with Gasteiger partial charge in [-0.15, -0.1) is 0 Å². The fourth-order valence-corrected chi connectivity index (χ4v) is 1.95. The largest absolute Gasteiger partial charge is 0.465 e. The third-order valence-electron chi connectivity index (χ3n) is 3.15. The summed E-state index contributed by atoms with van der Waals surface area (Å²) < 4.78 is 18.2. The molecule has 0 saturated heterocycles. The van der Waals surface area contributed by atoms with E-state index in [9.17, 15) is 14.0 Å². The highest BCUT2D eigenvalue weighted by molar-refractivity contribution is 5.95. The minimum atomic E-state index is -0.445. The number of rotatable bonds is 5. The first kappa shape index (κ1) is 16.5. The zero-order valence-electron chi connectivity index (χ0n) is 12.9. The first-order valence-electron chi connectivity index (χ1n) is 6.98. The molecule has 1 amide bonds. The van der Waals surface area contributed by atoms with Gasteiger partial charge in [0.25, 0.3) is 0 Å². The molecule has 0 unspecified atom stereocenters. The number of esters is 1. The lowest BCUT2D eigenvalue weighted by molar-refractivity contribution is -0.114. The number of carbonyl (C=O) groups excluding carboxylic acids is 2. The smallest absolute Gasteiger partial charge is 0.337 e. The molecule has 0 bridgehead atoms. The van der Waals surface area contributed by atoms with Crippen LogP contribution in [0.3, 0.4) is 0 Å². The molecule has 2 N–H and O–H groups in total. The highest BCUT2D eigenvalue weighted by Crippen LogP contribution is 2.15. The Morgan fingerprint density at radius 1 is 1.13 bits per heavy atom. The molecule has 0 fully saturated rings. The number of anilines is 2. The Kier molecular flexibility index (Phi) is 5.30. The summed E-state index contributed by atoms with van der Waals surface area (Å²) in [6, 6.07) is 11.0. The molecule has 0 atom stereocenters. The van der Waals surface area contributed by atoms with Gasteiger partial charge >= 0.3 is 5.97 Å². The summed E-state index contributed by atoms with van der Waals surface area (Å²) >= 11 is 0. The van der Waals surface area contributed by atoms with Gasteiger partial charge in [-0.25, -0.2) is 9.18 Å². The first-order chi connectivity index (χ1) is 11.0. The van der Waals surface area contributed by atoms with Gasteiger partial charge in [0.1, 0.15) is 5.82 Å². The van der Waals surface area contributed by atoms with Crippen LogP contribution in [0.15, 0.2) is 42.5 Å². The van der Waals surface area contributed by atoms with Gasteiger partial charge in [0.05, 0.1) is 24.9 Å². The van der Waals surface area contributed by atoms with Gasteiger partial charge in [0, 0.05) is 5.69 Å². The Morgan fingerprint density at radius 2 is 1.83 bits per heavy atom. The summed E-state index contributed by atoms with van der Waals surface area (Å²) in [7, 11) is 1.30. The van der Waals surface area contributed by atoms with Gasteiger partial charge in [0.15, 0.2) is 0 Å². The van der Waals surface area contributed by atoms with Crippen molar-refractivity contribution in [2.75, 3.05) is 24.3 Å². The van der Waals surface area contributed by atoms with E-state index in [0.29, 0.717) is 11.3 Å². The Labute approximate surface area is 133 Å². The van der Waals surface area contributed by atoms with Crippen molar-refractivity contribution < 1.29 is 18.7 Å². The van der Waals surface area contributed by atoms with Crippen LogP contribution in [0.1, 0.15) is 15.9 Å². The lowest BCUT2D eigenvalue weighted by atomic mass is 10.2. The van der Waals surface area contributed by atoms with Crippen molar-refractivity contribution >= 4 is 23.3 Å². The third kappa shape index (κ3) is 4.54. The van der Waals surface area contributed by atoms with E-state index < -0.39 is 11.8 Å². The molecule has 0 saturated carbocycles. The van der Waals surface area contributed by atoms with Gasteiger partial charge in [-0.1, -0.05) is 6.07 Å². The van der Waals surface area contributed by atoms with E-state index in [0.717, 1.165) is 5.56 Å². The molecule has 0 aliphatic heterocycles. The van der Waals surface area contributed by atoms with Crippen LogP contribution in [-0.4, -0.2) is 25.5 Å². The first-order valence-corrected chi connectivity index (χ1v) is 6.98. The molecular weight excluding hydrogens is 299 g/mol. The van der Waals surface area contributed by atoms with Crippen molar-refractivity contribution in [1.82, 2.24) is 0 Å². The summed E-state index contributed by atoms with van der Waals surface area (Å²) in [5, 5.41) is 5.39. The van der Waals surface area contributed by atoms with Gasteiger partial charge in [-0.2, -0.15) is 0 Å². The average molecular weight is 316 g/mol. The molecule has 5 nitrogen and oxygen atoms in total. The predicted molar refractivity (Wildman–Crippen MR) is 86.0 cm³/mol. The highest BCUT2D eigenvalue weighted by atomic mass is 19.1. The van der Waals surface area contributed by atoms with Gasteiger partial charge in [0.2, 0.25) is 5.91 Å². The maximum Gasteiger partial charge on any atom is 0.337 e. The zero-order valence-corrected chi connectivity index (χ0v) is 12.9. The van der Waals surface area contributed by atoms with E-state index in [1.165, 1.54) is 13.2 Å². The maximum atomic E-state index is 13.6. The van der Waals surface area contributed by atoms with Crippen LogP contribution >= 0.6 is 0 Å². The zero-order chi connectivity index (χ0) is 16.8. The number of halogens is 1. The minimum absolute atomic E-state index is 0.0707. The van der Waals surface area contributed by atoms with E-state index in [1.54, 1.807) is 43.3 Å². The summed E-state index contributed by atoms with van der Waals surface area (Å²) in [5.74, 6) is -1.17. The van der Waals surface area contributed by atoms with Crippen LogP contribution in [0, 0.1) is 12.7 Å². The number of aryl methyl sites for hydroxylation is 1. The number of hydrogen-bond acceptors (Lipinski definition) is 4. The monoisotopic (exact) mass is 316 g/mol. The Balaban J connectivity index is 1.90. The number of nitrogens with one attached hydrogen (secondary N) is 2. The Bertz CT molecular complexity index is 714. The molecule has 0 aromatic heterocycles. The van der Waals surface area contributed by atoms with E-state index in [-0.39, 0.29) is 18.1 Å². The number of methoxy groups -OCH3 is 1. The minimum Gasteiger partial charge on any atom is -0.465 e. The summed E-state index contributed by atoms with van der Waals surface area (Å²) in [6.45, 7) is 1.72. The highest BCUT2D eigenvalue weighted by Gasteiger charge is 2.07. The molecule has 0 heterocycles. The summed E-state index contributed by atoms with van der Waals surface area (Å²) in [6.07, 6.45) is 0. The average Bonchev–Trinajstić information content (AvgIpc) is 2.54. The lowest BCUT2D eigenvalue weighted by Crippen LogP contribution is -2.22. The normalized spacial score (nSPS) is 10.0. The topological polar surface area (TPSA) is 67.4 Å². The Hall–Kier alpha value is -2.89. The van der Waals surface area contributed by atoms with Crippen LogP contribution in [0.25, 0.3) is 0 Å². The van der Waals surface area contributed by atoms with Crippen LogP contribution in [0.4, 0.5) is 15.8 Å². The molecule has 0 radical (unpaired) electrons. The third-order valence-corrected chi connectivity index (χ3v) is 3.15. The fraction of sp³-hybridized carbons (Fsp3) is 0.176. The van der Waals surface area contributed by atoms with Crippen LogP contribution < -0.4 is 10.6 Å². The standard InChI is InChI=1S/C17H17FN2O3/c1-11-3-8-15(14(18)9-11)19-10-16(21)20-13-6-4-12(5-7-13)17(22)23-2/h3-9,19H,10H2,1-2H3,(H,20,21). The quantitative estimate of drug-likeness (QED) is 0.832. The second-order valence-corrected chi connectivity index (χ2v) is 4.95. The predicted octanol–water partition coefficient (Wildman–Crippen LogP) is 2.97. The molecule has 2 aromatic rings. The Morgan fingerprint density at radius 3 is 2.43 bits per heavy atom. The SMILES string of the molecule is COC(=O)c1ccc(NC(=O)CNc2ccc(C)cc2F)cc1. The molecule has 6 heteroatoms. The van der Waals surface area contributed by atoms with Crippen molar-refractivity contribution in [2.24, 2.45) is 0 Å². The van der Waals surface area contributed by atoms with E-state index in [2.05, 4.69) is 15.4 Å². The molecule has 0 spiro atoms. The maximum absolute atomic E-state index is 13.6. The van der Waals surface area contributed by atoms with Crippen molar-refractivity contribution in [3.8, 4) is 0 Å². The van der Waals surface area contributed by atoms with Crippen molar-refractivity contribution in [2.45, 2.75) is 6.92 Å². The summed E-state index contributed by atoms with van der Waals surface area (Å²) in [5.41, 5.74) is 2.01. The van der Waals surface area contributed by atoms with E-state index in [1.807, 2.05) is 0 Å². The van der Waals surface area contributed by atoms with Crippen LogP contribution in [0.5, 0.6) is 0 Å². The van der Waals surface area contributed by atoms with Gasteiger partial charge in [-0.05, 0) is 48.9 Å².